The summed E-state index contributed by atoms with van der Waals surface area (Å²) in [5.41, 5.74) is 0.121. The summed E-state index contributed by atoms with van der Waals surface area (Å²) >= 11 is 0. The second-order valence-corrected chi connectivity index (χ2v) is 6.34. The Labute approximate surface area is 157 Å². The van der Waals surface area contributed by atoms with Gasteiger partial charge >= 0.3 is 12.4 Å². The van der Waals surface area contributed by atoms with Crippen LogP contribution in [0.5, 0.6) is 0 Å². The standard InChI is InChI=1S/C17H20F6N4O/c1-5-26-11(7-24-14(26)16(18,19)20)9(3)13(28)10(4)12-8-25-15(17(21,22)23)27(12)6-2/h7-10H,5-6H2,1-4H3. The van der Waals surface area contributed by atoms with Gasteiger partial charge in [-0.1, -0.05) is 0 Å². The van der Waals surface area contributed by atoms with Crippen LogP contribution in [0.25, 0.3) is 0 Å². The van der Waals surface area contributed by atoms with Gasteiger partial charge in [0.05, 0.1) is 11.8 Å². The molecule has 11 heteroatoms. The van der Waals surface area contributed by atoms with Gasteiger partial charge in [0.15, 0.2) is 0 Å². The molecule has 5 nitrogen and oxygen atoms in total. The maximum absolute atomic E-state index is 13.1. The number of halogens is 6. The quantitative estimate of drug-likeness (QED) is 0.653. The van der Waals surface area contributed by atoms with E-state index in [1.165, 1.54) is 27.7 Å². The zero-order chi connectivity index (χ0) is 21.4. The summed E-state index contributed by atoms with van der Waals surface area (Å²) in [4.78, 5) is 19.6. The molecule has 2 atom stereocenters. The van der Waals surface area contributed by atoms with E-state index in [0.717, 1.165) is 21.5 Å². The van der Waals surface area contributed by atoms with Crippen LogP contribution in [-0.2, 0) is 30.2 Å². The van der Waals surface area contributed by atoms with Crippen molar-refractivity contribution in [3.8, 4) is 0 Å². The first kappa shape index (κ1) is 22.0. The monoisotopic (exact) mass is 410 g/mol. The molecule has 2 rings (SSSR count). The molecule has 2 aromatic heterocycles. The van der Waals surface area contributed by atoms with Crippen LogP contribution in [0.2, 0.25) is 0 Å². The fourth-order valence-electron chi connectivity index (χ4n) is 3.25. The molecular weight excluding hydrogens is 390 g/mol. The molecule has 0 aliphatic rings. The van der Waals surface area contributed by atoms with E-state index in [0.29, 0.717) is 0 Å². The highest BCUT2D eigenvalue weighted by Crippen LogP contribution is 2.35. The van der Waals surface area contributed by atoms with Gasteiger partial charge < -0.3 is 9.13 Å². The average molecular weight is 410 g/mol. The zero-order valence-corrected chi connectivity index (χ0v) is 15.7. The van der Waals surface area contributed by atoms with E-state index < -0.39 is 41.6 Å². The second-order valence-electron chi connectivity index (χ2n) is 6.34. The van der Waals surface area contributed by atoms with Crippen molar-refractivity contribution in [3.63, 3.8) is 0 Å². The van der Waals surface area contributed by atoms with Crippen LogP contribution in [0.1, 0.15) is 62.6 Å². The van der Waals surface area contributed by atoms with E-state index in [4.69, 9.17) is 0 Å². The predicted octanol–water partition coefficient (Wildman–Crippen LogP) is 4.63. The van der Waals surface area contributed by atoms with Crippen molar-refractivity contribution in [1.82, 2.24) is 19.1 Å². The van der Waals surface area contributed by atoms with Crippen molar-refractivity contribution < 1.29 is 31.1 Å². The highest BCUT2D eigenvalue weighted by molar-refractivity contribution is 5.90. The minimum absolute atomic E-state index is 0.0543. The molecular formula is C17H20F6N4O. The van der Waals surface area contributed by atoms with Crippen molar-refractivity contribution >= 4 is 5.78 Å². The molecule has 0 saturated heterocycles. The summed E-state index contributed by atoms with van der Waals surface area (Å²) in [6, 6.07) is 0. The predicted molar refractivity (Wildman–Crippen MR) is 87.6 cm³/mol. The van der Waals surface area contributed by atoms with Gasteiger partial charge in [-0.05, 0) is 27.7 Å². The molecule has 2 heterocycles. The summed E-state index contributed by atoms with van der Waals surface area (Å²) < 4.78 is 80.2. The molecule has 0 aliphatic heterocycles. The Morgan fingerprint density at radius 3 is 1.43 bits per heavy atom. The molecule has 0 spiro atoms. The van der Waals surface area contributed by atoms with Gasteiger partial charge in [0.2, 0.25) is 11.6 Å². The van der Waals surface area contributed by atoms with Gasteiger partial charge in [0, 0.05) is 36.9 Å². The molecule has 0 saturated carbocycles. The van der Waals surface area contributed by atoms with Crippen LogP contribution >= 0.6 is 0 Å². The summed E-state index contributed by atoms with van der Waals surface area (Å²) in [6.45, 7) is 5.70. The molecule has 0 fully saturated rings. The first-order valence-corrected chi connectivity index (χ1v) is 8.63. The molecule has 156 valence electrons. The van der Waals surface area contributed by atoms with Crippen molar-refractivity contribution in [3.05, 3.63) is 35.4 Å². The molecule has 0 radical (unpaired) electrons. The van der Waals surface area contributed by atoms with Crippen LogP contribution in [0.3, 0.4) is 0 Å². The smallest absolute Gasteiger partial charge is 0.324 e. The van der Waals surface area contributed by atoms with E-state index in [1.54, 1.807) is 0 Å². The summed E-state index contributed by atoms with van der Waals surface area (Å²) in [5.74, 6) is -4.74. The summed E-state index contributed by atoms with van der Waals surface area (Å²) in [7, 11) is 0. The number of alkyl halides is 6. The molecule has 0 aliphatic carbocycles. The normalized spacial score (nSPS) is 14.9. The average Bonchev–Trinajstić information content (AvgIpc) is 3.22. The summed E-state index contributed by atoms with van der Waals surface area (Å²) in [6.07, 6.45) is -7.38. The lowest BCUT2D eigenvalue weighted by Gasteiger charge is -2.20. The maximum atomic E-state index is 13.1. The van der Waals surface area contributed by atoms with Crippen molar-refractivity contribution in [1.29, 1.82) is 0 Å². The molecule has 2 unspecified atom stereocenters. The van der Waals surface area contributed by atoms with Crippen LogP contribution in [-0.4, -0.2) is 24.9 Å². The lowest BCUT2D eigenvalue weighted by Crippen LogP contribution is -2.24. The molecule has 0 amide bonds. The van der Waals surface area contributed by atoms with Gasteiger partial charge in [0.1, 0.15) is 5.78 Å². The van der Waals surface area contributed by atoms with Crippen LogP contribution in [0.4, 0.5) is 26.3 Å². The van der Waals surface area contributed by atoms with Gasteiger partial charge in [-0.25, -0.2) is 9.97 Å². The van der Waals surface area contributed by atoms with Gasteiger partial charge in [0.25, 0.3) is 0 Å². The first-order chi connectivity index (χ1) is 12.8. The Kier molecular flexibility index (Phi) is 5.95. The number of aromatic nitrogens is 4. The number of imidazole rings is 2. The molecule has 0 aromatic carbocycles. The lowest BCUT2D eigenvalue weighted by atomic mass is 9.91. The van der Waals surface area contributed by atoms with Gasteiger partial charge in [-0.3, -0.25) is 4.79 Å². The van der Waals surface area contributed by atoms with E-state index in [2.05, 4.69) is 9.97 Å². The van der Waals surface area contributed by atoms with E-state index in [1.807, 2.05) is 0 Å². The lowest BCUT2D eigenvalue weighted by molar-refractivity contribution is -0.148. The number of nitrogens with zero attached hydrogens (tertiary/aromatic N) is 4. The fraction of sp³-hybridized carbons (Fsp3) is 0.588. The molecule has 2 aromatic rings. The van der Waals surface area contributed by atoms with Crippen molar-refractivity contribution in [2.75, 3.05) is 0 Å². The van der Waals surface area contributed by atoms with Crippen LogP contribution in [0.15, 0.2) is 12.4 Å². The topological polar surface area (TPSA) is 52.7 Å². The number of carbonyl (C=O) groups excluding carboxylic acids is 1. The third-order valence-electron chi connectivity index (χ3n) is 4.65. The number of rotatable bonds is 6. The number of carbonyl (C=O) groups is 1. The minimum atomic E-state index is -4.68. The van der Waals surface area contributed by atoms with Crippen molar-refractivity contribution in [2.24, 2.45) is 0 Å². The Bertz CT molecular complexity index is 781. The van der Waals surface area contributed by atoms with Gasteiger partial charge in [-0.2, -0.15) is 26.3 Å². The van der Waals surface area contributed by atoms with E-state index >= 15 is 0 Å². The van der Waals surface area contributed by atoms with Crippen LogP contribution < -0.4 is 0 Å². The van der Waals surface area contributed by atoms with Crippen LogP contribution in [0, 0.1) is 0 Å². The first-order valence-electron chi connectivity index (χ1n) is 8.63. The Balaban J connectivity index is 2.40. The Morgan fingerprint density at radius 1 is 0.857 bits per heavy atom. The molecule has 0 bridgehead atoms. The highest BCUT2D eigenvalue weighted by atomic mass is 19.4. The Hall–Kier alpha value is -2.33. The molecule has 0 N–H and O–H groups in total. The number of ketones is 1. The second kappa shape index (κ2) is 7.59. The third kappa shape index (κ3) is 3.93. The van der Waals surface area contributed by atoms with E-state index in [9.17, 15) is 31.1 Å². The van der Waals surface area contributed by atoms with Crippen molar-refractivity contribution in [2.45, 2.75) is 65.0 Å². The zero-order valence-electron chi connectivity index (χ0n) is 15.7. The fourth-order valence-corrected chi connectivity index (χ4v) is 3.25. The largest absolute Gasteiger partial charge is 0.449 e. The third-order valence-corrected chi connectivity index (χ3v) is 4.65. The summed E-state index contributed by atoms with van der Waals surface area (Å²) in [5, 5.41) is 0. The molecule has 28 heavy (non-hydrogen) atoms. The number of Topliss-reactive ketones (excluding diaryl/α,β-unsaturated/α-hetero) is 1. The minimum Gasteiger partial charge on any atom is -0.324 e. The maximum Gasteiger partial charge on any atom is 0.449 e. The Morgan fingerprint density at radius 2 is 1.18 bits per heavy atom. The van der Waals surface area contributed by atoms with E-state index in [-0.39, 0.29) is 24.5 Å². The number of hydrogen-bond donors (Lipinski definition) is 0. The number of hydrogen-bond acceptors (Lipinski definition) is 3. The van der Waals surface area contributed by atoms with Gasteiger partial charge in [-0.15, -0.1) is 0 Å². The SMILES string of the molecule is CCn1c(C(C)C(=O)C(C)c2cnc(C(F)(F)F)n2CC)cnc1C(F)(F)F. The highest BCUT2D eigenvalue weighted by Gasteiger charge is 2.40.